The van der Waals surface area contributed by atoms with E-state index in [9.17, 15) is 4.79 Å². The summed E-state index contributed by atoms with van der Waals surface area (Å²) in [5.74, 6) is 0. The molecule has 0 bridgehead atoms. The minimum atomic E-state index is -0.359. The van der Waals surface area contributed by atoms with Gasteiger partial charge < -0.3 is 4.74 Å². The third-order valence-corrected chi connectivity index (χ3v) is 3.33. The van der Waals surface area contributed by atoms with E-state index in [1.54, 1.807) is 4.90 Å². The molecule has 1 aliphatic heterocycles. The Morgan fingerprint density at radius 1 is 1.50 bits per heavy atom. The minimum absolute atomic E-state index is 0.144. The predicted molar refractivity (Wildman–Crippen MR) is 74.5 cm³/mol. The molecule has 1 aromatic rings. The summed E-state index contributed by atoms with van der Waals surface area (Å²) in [5.41, 5.74) is 0.952. The average Bonchev–Trinajstić information content (AvgIpc) is 2.46. The third kappa shape index (κ3) is 3.58. The van der Waals surface area contributed by atoms with Crippen LogP contribution in [0, 0.1) is 11.3 Å². The zero-order chi connectivity index (χ0) is 14.4. The van der Waals surface area contributed by atoms with Crippen molar-refractivity contribution in [3.05, 3.63) is 35.9 Å². The minimum Gasteiger partial charge on any atom is -0.445 e. The van der Waals surface area contributed by atoms with Gasteiger partial charge in [-0.3, -0.25) is 4.90 Å². The Hall–Kier alpha value is -2.35. The number of hydrogen-bond acceptors (Lipinski definition) is 3. The Morgan fingerprint density at radius 2 is 2.25 bits per heavy atom. The molecule has 0 N–H and O–H groups in total. The molecule has 5 nitrogen and oxygen atoms in total. The van der Waals surface area contributed by atoms with Crippen molar-refractivity contribution in [3.63, 3.8) is 0 Å². The van der Waals surface area contributed by atoms with Crippen LogP contribution in [0.4, 0.5) is 4.79 Å². The molecule has 0 aliphatic carbocycles. The first-order valence-electron chi connectivity index (χ1n) is 6.60. The Balaban J connectivity index is 1.93. The Kier molecular flexibility index (Phi) is 4.72. The Bertz CT molecular complexity index is 522. The predicted octanol–water partition coefficient (Wildman–Crippen LogP) is 1.63. The van der Waals surface area contributed by atoms with Gasteiger partial charge in [-0.1, -0.05) is 30.3 Å². The van der Waals surface area contributed by atoms with E-state index < -0.39 is 0 Å². The highest BCUT2D eigenvalue weighted by molar-refractivity contribution is 5.68. The van der Waals surface area contributed by atoms with E-state index in [0.29, 0.717) is 26.1 Å². The highest BCUT2D eigenvalue weighted by Gasteiger charge is 2.32. The summed E-state index contributed by atoms with van der Waals surface area (Å²) in [5, 5.41) is 8.84. The first-order valence-corrected chi connectivity index (χ1v) is 6.60. The van der Waals surface area contributed by atoms with Crippen molar-refractivity contribution in [3.8, 4) is 6.07 Å². The number of hydrogen-bond donors (Lipinski definition) is 0. The van der Waals surface area contributed by atoms with Gasteiger partial charge in [0, 0.05) is 0 Å². The summed E-state index contributed by atoms with van der Waals surface area (Å²) >= 11 is 0. The molecule has 1 amide bonds. The molecular weight excluding hydrogens is 254 g/mol. The summed E-state index contributed by atoms with van der Waals surface area (Å²) in [6.45, 7) is 5.96. The van der Waals surface area contributed by atoms with Crippen LogP contribution in [0.5, 0.6) is 0 Å². The van der Waals surface area contributed by atoms with Crippen molar-refractivity contribution in [2.75, 3.05) is 19.6 Å². The Labute approximate surface area is 118 Å². The second-order valence-electron chi connectivity index (χ2n) is 4.83. The van der Waals surface area contributed by atoms with Gasteiger partial charge in [0.1, 0.15) is 19.4 Å². The maximum Gasteiger partial charge on any atom is 0.410 e. The van der Waals surface area contributed by atoms with E-state index in [4.69, 9.17) is 10.00 Å². The van der Waals surface area contributed by atoms with E-state index >= 15 is 0 Å². The number of piperazine rings is 1. The molecule has 1 aromatic carbocycles. The highest BCUT2D eigenvalue weighted by atomic mass is 16.6. The number of nitriles is 1. The van der Waals surface area contributed by atoms with Crippen LogP contribution in [0.25, 0.3) is 0 Å². The van der Waals surface area contributed by atoms with Gasteiger partial charge in [0.05, 0.1) is 19.0 Å². The van der Waals surface area contributed by atoms with Crippen molar-refractivity contribution in [2.45, 2.75) is 19.1 Å². The summed E-state index contributed by atoms with van der Waals surface area (Å²) in [6.07, 6.45) is -0.0610. The van der Waals surface area contributed by atoms with Gasteiger partial charge in [-0.2, -0.15) is 5.26 Å². The van der Waals surface area contributed by atoms with Crippen molar-refractivity contribution < 1.29 is 14.1 Å². The Morgan fingerprint density at radius 3 is 2.95 bits per heavy atom. The van der Waals surface area contributed by atoms with Crippen molar-refractivity contribution in [2.24, 2.45) is 0 Å². The fraction of sp³-hybridized carbons (Fsp3) is 0.400. The number of benzene rings is 1. The van der Waals surface area contributed by atoms with Crippen LogP contribution >= 0.6 is 0 Å². The molecule has 104 valence electrons. The van der Waals surface area contributed by atoms with Crippen LogP contribution in [0.1, 0.15) is 12.0 Å². The van der Waals surface area contributed by atoms with Crippen LogP contribution in [-0.2, 0) is 11.3 Å². The lowest BCUT2D eigenvalue weighted by Gasteiger charge is -2.31. The van der Waals surface area contributed by atoms with Gasteiger partial charge in [-0.15, -0.1) is 0 Å². The molecule has 0 spiro atoms. The van der Waals surface area contributed by atoms with Crippen LogP contribution in [-0.4, -0.2) is 48.0 Å². The van der Waals surface area contributed by atoms with Gasteiger partial charge in [-0.05, 0) is 5.56 Å². The largest absolute Gasteiger partial charge is 0.445 e. The normalized spacial score (nSPS) is 18.4. The first kappa shape index (κ1) is 14.1. The van der Waals surface area contributed by atoms with Gasteiger partial charge in [-0.25, -0.2) is 9.37 Å². The van der Waals surface area contributed by atoms with Gasteiger partial charge in [0.25, 0.3) is 0 Å². The van der Waals surface area contributed by atoms with E-state index in [2.05, 4.69) is 12.8 Å². The van der Waals surface area contributed by atoms with Crippen LogP contribution in [0.2, 0.25) is 0 Å². The fourth-order valence-corrected chi connectivity index (χ4v) is 2.24. The molecule has 20 heavy (non-hydrogen) atoms. The standard InChI is InChI=1S/C15H18N3O2/c1-17-9-10-18(14(11-17)7-8-16)15(19)20-12-13-5-3-2-4-6-13/h2-6,14H,1,7,9-12H2/q+1/t14-/m0/s1. The summed E-state index contributed by atoms with van der Waals surface area (Å²) in [6, 6.07) is 11.5. The molecule has 1 heterocycles. The molecule has 5 heteroatoms. The van der Waals surface area contributed by atoms with E-state index in [1.807, 2.05) is 34.9 Å². The zero-order valence-corrected chi connectivity index (χ0v) is 11.4. The first-order chi connectivity index (χ1) is 9.70. The molecule has 2 rings (SSSR count). The van der Waals surface area contributed by atoms with Gasteiger partial charge in [0.2, 0.25) is 0 Å². The lowest BCUT2D eigenvalue weighted by Crippen LogP contribution is -2.52. The molecule has 0 saturated carbocycles. The smallest absolute Gasteiger partial charge is 0.410 e. The van der Waals surface area contributed by atoms with Crippen LogP contribution in [0.15, 0.2) is 30.3 Å². The summed E-state index contributed by atoms with van der Waals surface area (Å²) < 4.78 is 7.20. The average molecular weight is 272 g/mol. The second-order valence-corrected chi connectivity index (χ2v) is 4.83. The maximum absolute atomic E-state index is 12.1. The second kappa shape index (κ2) is 6.71. The fourth-order valence-electron chi connectivity index (χ4n) is 2.24. The quantitative estimate of drug-likeness (QED) is 0.786. The summed E-state index contributed by atoms with van der Waals surface area (Å²) in [4.78, 5) is 13.8. The van der Waals surface area contributed by atoms with Crippen molar-refractivity contribution in [1.82, 2.24) is 4.90 Å². The maximum atomic E-state index is 12.1. The van der Waals surface area contributed by atoms with Crippen molar-refractivity contribution in [1.29, 1.82) is 5.26 Å². The number of nitrogens with zero attached hydrogens (tertiary/aromatic N) is 3. The molecule has 1 saturated heterocycles. The molecule has 1 fully saturated rings. The molecule has 0 unspecified atom stereocenters. The monoisotopic (exact) mass is 272 g/mol. The topological polar surface area (TPSA) is 56.3 Å². The SMILES string of the molecule is C=[N+]1CCN(C(=O)OCc2ccccc2)[C@@H](CC#N)C1. The summed E-state index contributed by atoms with van der Waals surface area (Å²) in [7, 11) is 0. The number of rotatable bonds is 3. The van der Waals surface area contributed by atoms with Gasteiger partial charge >= 0.3 is 6.09 Å². The molecule has 0 aromatic heterocycles. The van der Waals surface area contributed by atoms with Crippen LogP contribution in [0.3, 0.4) is 0 Å². The number of amides is 1. The molecule has 0 radical (unpaired) electrons. The van der Waals surface area contributed by atoms with E-state index in [-0.39, 0.29) is 18.7 Å². The zero-order valence-electron chi connectivity index (χ0n) is 11.4. The molecule has 1 atom stereocenters. The lowest BCUT2D eigenvalue weighted by atomic mass is 10.1. The number of ether oxygens (including phenoxy) is 1. The molecule has 1 aliphatic rings. The number of carbonyl (C=O) groups is 1. The van der Waals surface area contributed by atoms with Crippen molar-refractivity contribution >= 4 is 12.8 Å². The van der Waals surface area contributed by atoms with E-state index in [1.165, 1.54) is 0 Å². The van der Waals surface area contributed by atoms with E-state index in [0.717, 1.165) is 5.56 Å². The highest BCUT2D eigenvalue weighted by Crippen LogP contribution is 2.12. The van der Waals surface area contributed by atoms with Gasteiger partial charge in [0.15, 0.2) is 13.1 Å². The number of carbonyl (C=O) groups excluding carboxylic acids is 1. The van der Waals surface area contributed by atoms with Crippen LogP contribution < -0.4 is 0 Å². The molecular formula is C15H18N3O2+. The third-order valence-electron chi connectivity index (χ3n) is 3.33. The lowest BCUT2D eigenvalue weighted by molar-refractivity contribution is -0.537.